The molecule has 0 amide bonds. The monoisotopic (exact) mass is 342 g/mol. The number of hydrogen-bond donors (Lipinski definition) is 3. The molecule has 9 nitrogen and oxygen atoms in total. The molecule has 1 heterocycles. The van der Waals surface area contributed by atoms with Gasteiger partial charge in [0, 0.05) is 6.07 Å². The Hall–Kier alpha value is -3.54. The molecule has 0 saturated heterocycles. The number of aliphatic imine (C=N–C) groups is 1. The van der Waals surface area contributed by atoms with Crippen molar-refractivity contribution >= 4 is 17.6 Å². The van der Waals surface area contributed by atoms with Crippen LogP contribution in [0.2, 0.25) is 0 Å². The van der Waals surface area contributed by atoms with Crippen LogP contribution in [-0.4, -0.2) is 30.1 Å². The quantitative estimate of drug-likeness (QED) is 0.548. The van der Waals surface area contributed by atoms with Crippen LogP contribution in [0.5, 0.6) is 11.5 Å². The number of anilines is 1. The van der Waals surface area contributed by atoms with Gasteiger partial charge in [-0.15, -0.1) is 0 Å². The molecule has 1 aromatic carbocycles. The van der Waals surface area contributed by atoms with Gasteiger partial charge < -0.3 is 20.5 Å². The Bertz CT molecular complexity index is 898. The Balaban J connectivity index is 2.31. The highest BCUT2D eigenvalue weighted by atomic mass is 16.5. The fourth-order valence-electron chi connectivity index (χ4n) is 2.13. The first-order chi connectivity index (χ1) is 12.0. The molecule has 25 heavy (non-hydrogen) atoms. The Labute approximate surface area is 144 Å². The number of H-pyrrole nitrogens is 1. The van der Waals surface area contributed by atoms with Gasteiger partial charge in [-0.05, 0) is 19.1 Å². The summed E-state index contributed by atoms with van der Waals surface area (Å²) in [6.07, 6.45) is -0.0209. The summed E-state index contributed by atoms with van der Waals surface area (Å²) in [5, 5.41) is 11.6. The minimum atomic E-state index is -0.417. The molecule has 0 aliphatic heterocycles. The molecule has 0 aliphatic rings. The van der Waals surface area contributed by atoms with Gasteiger partial charge in [0.2, 0.25) is 11.9 Å². The summed E-state index contributed by atoms with van der Waals surface area (Å²) >= 11 is 0. The van der Waals surface area contributed by atoms with E-state index in [-0.39, 0.29) is 18.3 Å². The predicted octanol–water partition coefficient (Wildman–Crippen LogP) is 1.22. The van der Waals surface area contributed by atoms with Crippen LogP contribution in [0.3, 0.4) is 0 Å². The van der Waals surface area contributed by atoms with Crippen LogP contribution in [-0.2, 0) is 6.42 Å². The predicted molar refractivity (Wildman–Crippen MR) is 93.4 cm³/mol. The second kappa shape index (κ2) is 7.83. The van der Waals surface area contributed by atoms with Crippen molar-refractivity contribution in [2.45, 2.75) is 13.3 Å². The summed E-state index contributed by atoms with van der Waals surface area (Å²) < 4.78 is 10.4. The fourth-order valence-corrected chi connectivity index (χ4v) is 2.13. The van der Waals surface area contributed by atoms with Gasteiger partial charge in [0.05, 0.1) is 43.7 Å². The van der Waals surface area contributed by atoms with Gasteiger partial charge in [-0.25, -0.2) is 4.98 Å². The van der Waals surface area contributed by atoms with Crippen LogP contribution in [0.15, 0.2) is 28.0 Å². The molecular formula is C16H18N6O3. The van der Waals surface area contributed by atoms with E-state index >= 15 is 0 Å². The van der Waals surface area contributed by atoms with E-state index in [1.807, 2.05) is 6.07 Å². The third-order valence-electron chi connectivity index (χ3n) is 3.36. The highest BCUT2D eigenvalue weighted by molar-refractivity contribution is 5.95. The lowest BCUT2D eigenvalue weighted by molar-refractivity contribution is 0.405. The van der Waals surface area contributed by atoms with Crippen molar-refractivity contribution in [1.29, 1.82) is 5.26 Å². The van der Waals surface area contributed by atoms with Crippen molar-refractivity contribution < 1.29 is 9.47 Å². The van der Waals surface area contributed by atoms with Gasteiger partial charge in [0.15, 0.2) is 0 Å². The molecule has 0 aliphatic carbocycles. The van der Waals surface area contributed by atoms with Crippen LogP contribution in [0.25, 0.3) is 0 Å². The Morgan fingerprint density at radius 1 is 1.44 bits per heavy atom. The van der Waals surface area contributed by atoms with Gasteiger partial charge in [-0.1, -0.05) is 0 Å². The maximum Gasteiger partial charge on any atom is 0.256 e. The second-order valence-corrected chi connectivity index (χ2v) is 4.98. The number of nitriles is 1. The molecule has 2 rings (SSSR count). The molecule has 130 valence electrons. The molecule has 0 radical (unpaired) electrons. The first-order valence-corrected chi connectivity index (χ1v) is 7.28. The third-order valence-corrected chi connectivity index (χ3v) is 3.36. The SMILES string of the molecule is COc1ccc(OC)c(NC(N)=Nc2nc(C)c(CC#N)c(=O)[nH]2)c1. The highest BCUT2D eigenvalue weighted by Gasteiger charge is 2.09. The summed E-state index contributed by atoms with van der Waals surface area (Å²) in [7, 11) is 3.07. The zero-order valence-electron chi connectivity index (χ0n) is 14.1. The number of nitrogens with two attached hydrogens (primary N) is 1. The number of aryl methyl sites for hydroxylation is 1. The topological polar surface area (TPSA) is 138 Å². The van der Waals surface area contributed by atoms with E-state index in [0.29, 0.717) is 28.4 Å². The first kappa shape index (κ1) is 17.8. The molecule has 0 bridgehead atoms. The minimum Gasteiger partial charge on any atom is -0.497 e. The Morgan fingerprint density at radius 3 is 2.80 bits per heavy atom. The van der Waals surface area contributed by atoms with Crippen LogP contribution >= 0.6 is 0 Å². The molecule has 9 heteroatoms. The van der Waals surface area contributed by atoms with Crippen LogP contribution in [0.1, 0.15) is 11.3 Å². The summed E-state index contributed by atoms with van der Waals surface area (Å²) in [5.74, 6) is 1.19. The first-order valence-electron chi connectivity index (χ1n) is 7.28. The van der Waals surface area contributed by atoms with Crippen LogP contribution < -0.4 is 26.1 Å². The lowest BCUT2D eigenvalue weighted by Gasteiger charge is -2.12. The molecule has 2 aromatic rings. The standard InChI is InChI=1S/C16H18N6O3/c1-9-11(6-7-17)14(23)21-16(19-9)22-15(18)20-12-8-10(24-2)4-5-13(12)25-3/h4-5,8H,6H2,1-3H3,(H4,18,19,20,21,22,23). The van der Waals surface area contributed by atoms with Crippen molar-refractivity contribution in [2.75, 3.05) is 19.5 Å². The van der Waals surface area contributed by atoms with Gasteiger partial charge in [0.1, 0.15) is 11.5 Å². The average Bonchev–Trinajstić information content (AvgIpc) is 2.58. The number of aromatic nitrogens is 2. The van der Waals surface area contributed by atoms with E-state index in [2.05, 4.69) is 20.3 Å². The van der Waals surface area contributed by atoms with E-state index < -0.39 is 5.56 Å². The van der Waals surface area contributed by atoms with E-state index in [0.717, 1.165) is 0 Å². The maximum absolute atomic E-state index is 12.0. The number of guanidine groups is 1. The van der Waals surface area contributed by atoms with Gasteiger partial charge in [-0.3, -0.25) is 9.78 Å². The lowest BCUT2D eigenvalue weighted by Crippen LogP contribution is -2.23. The van der Waals surface area contributed by atoms with Crippen molar-refractivity contribution in [2.24, 2.45) is 10.7 Å². The normalized spacial score (nSPS) is 10.9. The molecule has 0 unspecified atom stereocenters. The summed E-state index contributed by atoms with van der Waals surface area (Å²) in [5.41, 5.74) is 6.74. The van der Waals surface area contributed by atoms with Crippen LogP contribution in [0.4, 0.5) is 11.6 Å². The maximum atomic E-state index is 12.0. The lowest BCUT2D eigenvalue weighted by atomic mass is 10.2. The van der Waals surface area contributed by atoms with E-state index in [4.69, 9.17) is 20.5 Å². The second-order valence-electron chi connectivity index (χ2n) is 4.98. The van der Waals surface area contributed by atoms with E-state index in [9.17, 15) is 4.79 Å². The molecule has 0 spiro atoms. The Morgan fingerprint density at radius 2 is 2.20 bits per heavy atom. The number of rotatable bonds is 5. The van der Waals surface area contributed by atoms with Gasteiger partial charge in [0.25, 0.3) is 5.56 Å². The zero-order valence-corrected chi connectivity index (χ0v) is 14.1. The van der Waals surface area contributed by atoms with Gasteiger partial charge in [-0.2, -0.15) is 10.3 Å². The largest absolute Gasteiger partial charge is 0.497 e. The Kier molecular flexibility index (Phi) is 5.58. The van der Waals surface area contributed by atoms with Gasteiger partial charge >= 0.3 is 0 Å². The van der Waals surface area contributed by atoms with Crippen molar-refractivity contribution in [3.05, 3.63) is 39.8 Å². The molecule has 0 saturated carbocycles. The fraction of sp³-hybridized carbons (Fsp3) is 0.250. The molecule has 0 atom stereocenters. The number of benzene rings is 1. The van der Waals surface area contributed by atoms with Crippen molar-refractivity contribution in [3.8, 4) is 17.6 Å². The smallest absolute Gasteiger partial charge is 0.256 e. The summed E-state index contributed by atoms with van der Waals surface area (Å²) in [6, 6.07) is 7.08. The molecular weight excluding hydrogens is 324 g/mol. The molecule has 1 aromatic heterocycles. The van der Waals surface area contributed by atoms with E-state index in [1.54, 1.807) is 32.2 Å². The summed E-state index contributed by atoms with van der Waals surface area (Å²) in [6.45, 7) is 1.63. The highest BCUT2D eigenvalue weighted by Crippen LogP contribution is 2.28. The van der Waals surface area contributed by atoms with E-state index in [1.165, 1.54) is 7.11 Å². The minimum absolute atomic E-state index is 0.00198. The van der Waals surface area contributed by atoms with Crippen LogP contribution in [0, 0.1) is 18.3 Å². The number of aromatic amines is 1. The number of ether oxygens (including phenoxy) is 2. The number of nitrogens with zero attached hydrogens (tertiary/aromatic N) is 3. The molecule has 4 N–H and O–H groups in total. The van der Waals surface area contributed by atoms with Crippen molar-refractivity contribution in [1.82, 2.24) is 9.97 Å². The number of nitrogens with one attached hydrogen (secondary N) is 2. The van der Waals surface area contributed by atoms with Crippen molar-refractivity contribution in [3.63, 3.8) is 0 Å². The molecule has 0 fully saturated rings. The summed E-state index contributed by atoms with van der Waals surface area (Å²) in [4.78, 5) is 22.6. The average molecular weight is 342 g/mol. The number of methoxy groups -OCH3 is 2. The third kappa shape index (κ3) is 4.26. The number of hydrogen-bond acceptors (Lipinski definition) is 6. The zero-order chi connectivity index (χ0) is 18.4.